The van der Waals surface area contributed by atoms with Gasteiger partial charge in [-0.25, -0.2) is 0 Å². The molecule has 7 aromatic rings. The first kappa shape index (κ1) is 19.9. The van der Waals surface area contributed by atoms with Crippen LogP contribution in [0.5, 0.6) is 0 Å². The molecular formula is C35H25N. The van der Waals surface area contributed by atoms with Gasteiger partial charge in [-0.2, -0.15) is 0 Å². The Bertz CT molecular complexity index is 2010. The molecule has 0 amide bonds. The molecule has 8 rings (SSSR count). The fourth-order valence-electron chi connectivity index (χ4n) is 6.78. The van der Waals surface area contributed by atoms with E-state index in [0.717, 1.165) is 0 Å². The minimum absolute atomic E-state index is 0.0993. The lowest BCUT2D eigenvalue weighted by atomic mass is 9.81. The Morgan fingerprint density at radius 2 is 1.22 bits per heavy atom. The van der Waals surface area contributed by atoms with Crippen molar-refractivity contribution in [2.45, 2.75) is 19.3 Å². The Kier molecular flexibility index (Phi) is 3.79. The molecule has 0 radical (unpaired) electrons. The number of aromatic nitrogens is 1. The van der Waals surface area contributed by atoms with Gasteiger partial charge < -0.3 is 4.57 Å². The number of nitrogens with zero attached hydrogens (tertiary/aromatic N) is 1. The van der Waals surface area contributed by atoms with E-state index in [0.29, 0.717) is 0 Å². The molecule has 0 fully saturated rings. The van der Waals surface area contributed by atoms with Gasteiger partial charge in [0.1, 0.15) is 0 Å². The number of fused-ring (bicyclic) bond motifs is 10. The van der Waals surface area contributed by atoms with E-state index in [9.17, 15) is 0 Å². The molecule has 6 aromatic carbocycles. The summed E-state index contributed by atoms with van der Waals surface area (Å²) < 4.78 is 2.55. The molecule has 1 aliphatic rings. The molecule has 170 valence electrons. The van der Waals surface area contributed by atoms with Gasteiger partial charge in [-0.3, -0.25) is 0 Å². The SMILES string of the molecule is CC1(C)c2ccccc2-c2ccc3c4c5ccccc5ccc4n(-c4cccc5ccccc45)c3c21. The molecule has 1 aliphatic carbocycles. The van der Waals surface area contributed by atoms with E-state index < -0.39 is 0 Å². The summed E-state index contributed by atoms with van der Waals surface area (Å²) in [5.74, 6) is 0. The Morgan fingerprint density at radius 3 is 2.08 bits per heavy atom. The quantitative estimate of drug-likeness (QED) is 0.230. The third-order valence-corrected chi connectivity index (χ3v) is 8.34. The molecule has 0 unspecified atom stereocenters. The predicted molar refractivity (Wildman–Crippen MR) is 153 cm³/mol. The van der Waals surface area contributed by atoms with Gasteiger partial charge in [0.25, 0.3) is 0 Å². The highest BCUT2D eigenvalue weighted by molar-refractivity contribution is 6.23. The fraction of sp³-hybridized carbons (Fsp3) is 0.0857. The maximum atomic E-state index is 2.55. The second-order valence-electron chi connectivity index (χ2n) is 10.6. The van der Waals surface area contributed by atoms with E-state index in [1.54, 1.807) is 0 Å². The first-order chi connectivity index (χ1) is 17.6. The minimum Gasteiger partial charge on any atom is -0.308 e. The normalized spacial score (nSPS) is 14.1. The third-order valence-electron chi connectivity index (χ3n) is 8.34. The predicted octanol–water partition coefficient (Wildman–Crippen LogP) is 9.40. The zero-order chi connectivity index (χ0) is 24.0. The highest BCUT2D eigenvalue weighted by atomic mass is 15.0. The van der Waals surface area contributed by atoms with Gasteiger partial charge in [-0.15, -0.1) is 0 Å². The van der Waals surface area contributed by atoms with Crippen LogP contribution in [-0.4, -0.2) is 4.57 Å². The van der Waals surface area contributed by atoms with Crippen molar-refractivity contribution < 1.29 is 0 Å². The summed E-state index contributed by atoms with van der Waals surface area (Å²) in [5.41, 5.74) is 9.29. The van der Waals surface area contributed by atoms with Crippen molar-refractivity contribution in [2.24, 2.45) is 0 Å². The van der Waals surface area contributed by atoms with Crippen LogP contribution in [0.1, 0.15) is 25.0 Å². The smallest absolute Gasteiger partial charge is 0.0588 e. The molecule has 1 aromatic heterocycles. The van der Waals surface area contributed by atoms with E-state index in [-0.39, 0.29) is 5.41 Å². The molecule has 0 N–H and O–H groups in total. The second-order valence-corrected chi connectivity index (χ2v) is 10.6. The summed E-state index contributed by atoms with van der Waals surface area (Å²) in [6.07, 6.45) is 0. The lowest BCUT2D eigenvalue weighted by Crippen LogP contribution is -2.16. The van der Waals surface area contributed by atoms with Crippen LogP contribution in [0.2, 0.25) is 0 Å². The van der Waals surface area contributed by atoms with Gasteiger partial charge in [0.05, 0.1) is 16.7 Å². The van der Waals surface area contributed by atoms with E-state index in [4.69, 9.17) is 0 Å². The third kappa shape index (κ3) is 2.40. The van der Waals surface area contributed by atoms with E-state index in [1.165, 1.54) is 71.3 Å². The van der Waals surface area contributed by atoms with Crippen molar-refractivity contribution in [2.75, 3.05) is 0 Å². The Balaban J connectivity index is 1.66. The van der Waals surface area contributed by atoms with Gasteiger partial charge in [-0.05, 0) is 50.5 Å². The number of benzene rings is 6. The summed E-state index contributed by atoms with van der Waals surface area (Å²) in [6, 6.07) is 42.5. The molecule has 0 aliphatic heterocycles. The average molecular weight is 460 g/mol. The summed E-state index contributed by atoms with van der Waals surface area (Å²) in [6.45, 7) is 4.78. The van der Waals surface area contributed by atoms with Crippen LogP contribution < -0.4 is 0 Å². The molecule has 0 saturated carbocycles. The van der Waals surface area contributed by atoms with E-state index >= 15 is 0 Å². The van der Waals surface area contributed by atoms with Crippen LogP contribution >= 0.6 is 0 Å². The molecular weight excluding hydrogens is 434 g/mol. The molecule has 0 bridgehead atoms. The lowest BCUT2D eigenvalue weighted by molar-refractivity contribution is 0.664. The second kappa shape index (κ2) is 6.86. The van der Waals surface area contributed by atoms with Crippen LogP contribution in [0, 0.1) is 0 Å². The van der Waals surface area contributed by atoms with Crippen LogP contribution in [-0.2, 0) is 5.41 Å². The van der Waals surface area contributed by atoms with Crippen LogP contribution in [0.4, 0.5) is 0 Å². The number of rotatable bonds is 1. The van der Waals surface area contributed by atoms with Crippen LogP contribution in [0.3, 0.4) is 0 Å². The molecule has 0 atom stereocenters. The van der Waals surface area contributed by atoms with Crippen LogP contribution in [0.25, 0.3) is 60.2 Å². The van der Waals surface area contributed by atoms with Gasteiger partial charge >= 0.3 is 0 Å². The first-order valence-electron chi connectivity index (χ1n) is 12.7. The molecule has 0 spiro atoms. The molecule has 0 saturated heterocycles. The summed E-state index contributed by atoms with van der Waals surface area (Å²) >= 11 is 0. The Morgan fingerprint density at radius 1 is 0.528 bits per heavy atom. The van der Waals surface area contributed by atoms with Gasteiger partial charge in [0.15, 0.2) is 0 Å². The van der Waals surface area contributed by atoms with Crippen molar-refractivity contribution >= 4 is 43.4 Å². The van der Waals surface area contributed by atoms with Crippen molar-refractivity contribution in [1.29, 1.82) is 0 Å². The molecule has 36 heavy (non-hydrogen) atoms. The summed E-state index contributed by atoms with van der Waals surface area (Å²) in [5, 5.41) is 7.80. The fourth-order valence-corrected chi connectivity index (χ4v) is 6.78. The zero-order valence-corrected chi connectivity index (χ0v) is 20.4. The van der Waals surface area contributed by atoms with Gasteiger partial charge in [0.2, 0.25) is 0 Å². The monoisotopic (exact) mass is 459 g/mol. The van der Waals surface area contributed by atoms with Crippen LogP contribution in [0.15, 0.2) is 115 Å². The van der Waals surface area contributed by atoms with Crippen molar-refractivity contribution in [1.82, 2.24) is 4.57 Å². The van der Waals surface area contributed by atoms with Crippen molar-refractivity contribution in [3.63, 3.8) is 0 Å². The van der Waals surface area contributed by atoms with E-state index in [2.05, 4.69) is 134 Å². The Hall–Kier alpha value is -4.36. The van der Waals surface area contributed by atoms with Crippen molar-refractivity contribution in [3.05, 3.63) is 126 Å². The lowest BCUT2D eigenvalue weighted by Gasteiger charge is -2.24. The number of hydrogen-bond donors (Lipinski definition) is 0. The maximum Gasteiger partial charge on any atom is 0.0588 e. The summed E-state index contributed by atoms with van der Waals surface area (Å²) in [4.78, 5) is 0. The first-order valence-corrected chi connectivity index (χ1v) is 12.7. The topological polar surface area (TPSA) is 4.93 Å². The zero-order valence-electron chi connectivity index (χ0n) is 20.4. The minimum atomic E-state index is -0.0993. The maximum absolute atomic E-state index is 2.55. The number of hydrogen-bond acceptors (Lipinski definition) is 0. The molecule has 1 heterocycles. The Labute approximate surface area is 210 Å². The van der Waals surface area contributed by atoms with Crippen molar-refractivity contribution in [3.8, 4) is 16.8 Å². The van der Waals surface area contributed by atoms with Gasteiger partial charge in [0, 0.05) is 21.6 Å². The van der Waals surface area contributed by atoms with Gasteiger partial charge in [-0.1, -0.05) is 117 Å². The molecule has 1 heteroatoms. The molecule has 1 nitrogen and oxygen atoms in total. The summed E-state index contributed by atoms with van der Waals surface area (Å²) in [7, 11) is 0. The van der Waals surface area contributed by atoms with E-state index in [1.807, 2.05) is 0 Å². The standard InChI is InChI=1S/C35H25N/c1-35(2)29-16-8-7-15-26(29)27-19-20-28-32-25-14-6-4-11-23(25)18-21-31(32)36(34(28)33(27)35)30-17-9-12-22-10-3-5-13-24(22)30/h3-21H,1-2H3. The largest absolute Gasteiger partial charge is 0.308 e. The highest BCUT2D eigenvalue weighted by Gasteiger charge is 2.38. The average Bonchev–Trinajstić information content (AvgIpc) is 3.38. The highest BCUT2D eigenvalue weighted by Crippen LogP contribution is 2.53.